The zero-order valence-corrected chi connectivity index (χ0v) is 10.6. The van der Waals surface area contributed by atoms with Gasteiger partial charge in [-0.15, -0.1) is 0 Å². The second-order valence-electron chi connectivity index (χ2n) is 4.53. The number of nitrogens with two attached hydrogens (primary N) is 1. The van der Waals surface area contributed by atoms with E-state index in [1.54, 1.807) is 0 Å². The first-order chi connectivity index (χ1) is 6.97. The van der Waals surface area contributed by atoms with Crippen LogP contribution < -0.4 is 11.1 Å². The molecule has 90 valence electrons. The van der Waals surface area contributed by atoms with Gasteiger partial charge >= 0.3 is 0 Å². The van der Waals surface area contributed by atoms with Crippen LogP contribution in [0.15, 0.2) is 0 Å². The molecule has 1 amide bonds. The van der Waals surface area contributed by atoms with Crippen LogP contribution in [-0.2, 0) is 4.79 Å². The molecule has 3 nitrogen and oxygen atoms in total. The van der Waals surface area contributed by atoms with Crippen molar-refractivity contribution in [3.05, 3.63) is 0 Å². The molecule has 0 aliphatic heterocycles. The molecule has 2 unspecified atom stereocenters. The molecule has 0 heterocycles. The molecule has 0 aliphatic carbocycles. The summed E-state index contributed by atoms with van der Waals surface area (Å²) in [7, 11) is 0. The Morgan fingerprint density at radius 2 is 1.93 bits per heavy atom. The number of carbonyl (C=O) groups is 1. The van der Waals surface area contributed by atoms with Gasteiger partial charge in [0.05, 0.1) is 5.54 Å². The second kappa shape index (κ2) is 6.83. The van der Waals surface area contributed by atoms with E-state index in [-0.39, 0.29) is 11.9 Å². The lowest BCUT2D eigenvalue weighted by Gasteiger charge is -2.26. The highest BCUT2D eigenvalue weighted by Crippen LogP contribution is 2.10. The second-order valence-corrected chi connectivity index (χ2v) is 4.53. The summed E-state index contributed by atoms with van der Waals surface area (Å²) in [6.07, 6.45) is 4.77. The van der Waals surface area contributed by atoms with E-state index in [0.717, 1.165) is 32.1 Å². The first-order valence-electron chi connectivity index (χ1n) is 6.07. The lowest BCUT2D eigenvalue weighted by molar-refractivity contribution is -0.126. The number of nitrogens with one attached hydrogen (secondary N) is 1. The van der Waals surface area contributed by atoms with Crippen molar-refractivity contribution < 1.29 is 4.79 Å². The van der Waals surface area contributed by atoms with Gasteiger partial charge < -0.3 is 11.1 Å². The van der Waals surface area contributed by atoms with Crippen LogP contribution in [-0.4, -0.2) is 17.5 Å². The van der Waals surface area contributed by atoms with Gasteiger partial charge in [-0.25, -0.2) is 0 Å². The summed E-state index contributed by atoms with van der Waals surface area (Å²) in [5, 5.41) is 3.03. The van der Waals surface area contributed by atoms with Crippen LogP contribution in [0, 0.1) is 0 Å². The maximum atomic E-state index is 11.9. The van der Waals surface area contributed by atoms with Crippen LogP contribution in [0.3, 0.4) is 0 Å². The smallest absolute Gasteiger partial charge is 0.240 e. The number of carbonyl (C=O) groups excluding carboxylic acids is 1. The monoisotopic (exact) mass is 214 g/mol. The Bertz CT molecular complexity index is 190. The fourth-order valence-corrected chi connectivity index (χ4v) is 1.71. The summed E-state index contributed by atoms with van der Waals surface area (Å²) in [4.78, 5) is 11.9. The van der Waals surface area contributed by atoms with Gasteiger partial charge in [0, 0.05) is 6.04 Å². The van der Waals surface area contributed by atoms with E-state index in [1.807, 2.05) is 13.8 Å². The van der Waals surface area contributed by atoms with E-state index in [0.29, 0.717) is 0 Å². The van der Waals surface area contributed by atoms with Gasteiger partial charge in [-0.3, -0.25) is 4.79 Å². The van der Waals surface area contributed by atoms with Crippen molar-refractivity contribution >= 4 is 5.91 Å². The molecule has 0 aromatic rings. The van der Waals surface area contributed by atoms with Gasteiger partial charge in [-0.05, 0) is 26.2 Å². The Labute approximate surface area is 93.8 Å². The van der Waals surface area contributed by atoms with Crippen molar-refractivity contribution in [2.45, 2.75) is 71.4 Å². The lowest BCUT2D eigenvalue weighted by atomic mass is 9.95. The van der Waals surface area contributed by atoms with E-state index in [2.05, 4.69) is 19.2 Å². The molecule has 3 heteroatoms. The Hall–Kier alpha value is -0.570. The minimum Gasteiger partial charge on any atom is -0.352 e. The molecule has 3 N–H and O–H groups in total. The quantitative estimate of drug-likeness (QED) is 0.682. The van der Waals surface area contributed by atoms with E-state index >= 15 is 0 Å². The standard InChI is InChI=1S/C12H26N2O/c1-5-8-10(7-3)14-11(15)12(4,13)9-6-2/h10H,5-9,13H2,1-4H3,(H,14,15). The Morgan fingerprint density at radius 3 is 2.33 bits per heavy atom. The Morgan fingerprint density at radius 1 is 1.33 bits per heavy atom. The van der Waals surface area contributed by atoms with Gasteiger partial charge in [-0.1, -0.05) is 33.6 Å². The normalized spacial score (nSPS) is 16.9. The zero-order valence-electron chi connectivity index (χ0n) is 10.6. The van der Waals surface area contributed by atoms with E-state index < -0.39 is 5.54 Å². The minimum absolute atomic E-state index is 0.00958. The predicted octanol–water partition coefficient (Wildman–Crippen LogP) is 2.20. The van der Waals surface area contributed by atoms with E-state index in [4.69, 9.17) is 5.73 Å². The molecule has 2 atom stereocenters. The van der Waals surface area contributed by atoms with Crippen LogP contribution in [0.4, 0.5) is 0 Å². The van der Waals surface area contributed by atoms with Crippen LogP contribution in [0.1, 0.15) is 59.8 Å². The van der Waals surface area contributed by atoms with E-state index in [9.17, 15) is 4.79 Å². The summed E-state index contributed by atoms with van der Waals surface area (Å²) in [6.45, 7) is 8.07. The lowest BCUT2D eigenvalue weighted by Crippen LogP contribution is -2.54. The molecule has 0 fully saturated rings. The third kappa shape index (κ3) is 5.17. The molecule has 0 saturated carbocycles. The number of hydrogen-bond acceptors (Lipinski definition) is 2. The van der Waals surface area contributed by atoms with Gasteiger partial charge in [0.25, 0.3) is 0 Å². The fourth-order valence-electron chi connectivity index (χ4n) is 1.71. The molecule has 0 aromatic carbocycles. The molecule has 0 spiro atoms. The Kier molecular flexibility index (Phi) is 6.57. The molecule has 0 saturated heterocycles. The first kappa shape index (κ1) is 14.4. The maximum Gasteiger partial charge on any atom is 0.240 e. The molecule has 0 radical (unpaired) electrons. The SMILES string of the molecule is CCCC(CC)NC(=O)C(C)(N)CCC. The van der Waals surface area contributed by atoms with Crippen molar-refractivity contribution in [3.63, 3.8) is 0 Å². The molecule has 0 bridgehead atoms. The van der Waals surface area contributed by atoms with Crippen LogP contribution in [0.5, 0.6) is 0 Å². The third-order valence-electron chi connectivity index (χ3n) is 2.75. The largest absolute Gasteiger partial charge is 0.352 e. The molecule has 0 rings (SSSR count). The van der Waals surface area contributed by atoms with Crippen LogP contribution in [0.25, 0.3) is 0 Å². The summed E-state index contributed by atoms with van der Waals surface area (Å²) >= 11 is 0. The van der Waals surface area contributed by atoms with Gasteiger partial charge in [-0.2, -0.15) is 0 Å². The number of hydrogen-bond donors (Lipinski definition) is 2. The van der Waals surface area contributed by atoms with Gasteiger partial charge in [0.15, 0.2) is 0 Å². The number of rotatable bonds is 7. The number of amides is 1. The van der Waals surface area contributed by atoms with Crippen LogP contribution in [0.2, 0.25) is 0 Å². The van der Waals surface area contributed by atoms with Gasteiger partial charge in [0.1, 0.15) is 0 Å². The van der Waals surface area contributed by atoms with Crippen molar-refractivity contribution in [1.82, 2.24) is 5.32 Å². The fraction of sp³-hybridized carbons (Fsp3) is 0.917. The van der Waals surface area contributed by atoms with Crippen molar-refractivity contribution in [1.29, 1.82) is 0 Å². The summed E-state index contributed by atoms with van der Waals surface area (Å²) in [6, 6.07) is 0.280. The minimum atomic E-state index is -0.712. The van der Waals surface area contributed by atoms with Crippen LogP contribution >= 0.6 is 0 Å². The summed E-state index contributed by atoms with van der Waals surface area (Å²) in [5.74, 6) is -0.00958. The first-order valence-corrected chi connectivity index (χ1v) is 6.07. The molecule has 15 heavy (non-hydrogen) atoms. The molecule has 0 aliphatic rings. The highest BCUT2D eigenvalue weighted by Gasteiger charge is 2.28. The summed E-state index contributed by atoms with van der Waals surface area (Å²) in [5.41, 5.74) is 5.25. The average Bonchev–Trinajstić information content (AvgIpc) is 2.16. The zero-order chi connectivity index (χ0) is 11.9. The van der Waals surface area contributed by atoms with E-state index in [1.165, 1.54) is 0 Å². The molecular formula is C12H26N2O. The Balaban J connectivity index is 4.20. The van der Waals surface area contributed by atoms with Crippen molar-refractivity contribution in [2.75, 3.05) is 0 Å². The third-order valence-corrected chi connectivity index (χ3v) is 2.75. The topological polar surface area (TPSA) is 55.1 Å². The summed E-state index contributed by atoms with van der Waals surface area (Å²) < 4.78 is 0. The highest BCUT2D eigenvalue weighted by atomic mass is 16.2. The maximum absolute atomic E-state index is 11.9. The van der Waals surface area contributed by atoms with Crippen molar-refractivity contribution in [3.8, 4) is 0 Å². The van der Waals surface area contributed by atoms with Gasteiger partial charge in [0.2, 0.25) is 5.91 Å². The predicted molar refractivity (Wildman–Crippen MR) is 64.6 cm³/mol. The molecular weight excluding hydrogens is 188 g/mol. The van der Waals surface area contributed by atoms with Crippen molar-refractivity contribution in [2.24, 2.45) is 5.73 Å². The average molecular weight is 214 g/mol. The highest BCUT2D eigenvalue weighted by molar-refractivity contribution is 5.85. The molecule has 0 aromatic heterocycles.